The van der Waals surface area contributed by atoms with E-state index in [0.29, 0.717) is 30.4 Å². The molecule has 0 saturated carbocycles. The van der Waals surface area contributed by atoms with Crippen LogP contribution in [-0.4, -0.2) is 37.3 Å². The summed E-state index contributed by atoms with van der Waals surface area (Å²) in [7, 11) is 0. The fourth-order valence-electron chi connectivity index (χ4n) is 2.61. The number of ether oxygens (including phenoxy) is 1. The van der Waals surface area contributed by atoms with E-state index in [4.69, 9.17) is 4.74 Å². The highest BCUT2D eigenvalue weighted by molar-refractivity contribution is 9.10. The standard InChI is InChI=1S/C15H18BrF4NO/c16-12-5-1-6-13(17)14(12)22-9-3-8-21-7-2-4-11(10-21)15(18,19)20/h1,5-6,11H,2-4,7-10H2. The molecule has 1 saturated heterocycles. The second-order valence-corrected chi connectivity index (χ2v) is 6.29. The highest BCUT2D eigenvalue weighted by Crippen LogP contribution is 2.33. The molecule has 1 aromatic rings. The number of hydrogen-bond donors (Lipinski definition) is 0. The van der Waals surface area contributed by atoms with Gasteiger partial charge in [-0.05, 0) is 53.9 Å². The predicted octanol–water partition coefficient (Wildman–Crippen LogP) is 4.63. The van der Waals surface area contributed by atoms with Gasteiger partial charge in [0.05, 0.1) is 17.0 Å². The number of benzene rings is 1. The Morgan fingerprint density at radius 1 is 1.32 bits per heavy atom. The summed E-state index contributed by atoms with van der Waals surface area (Å²) < 4.78 is 57.6. The zero-order valence-corrected chi connectivity index (χ0v) is 13.6. The van der Waals surface area contributed by atoms with E-state index in [9.17, 15) is 17.6 Å². The average Bonchev–Trinajstić information content (AvgIpc) is 2.45. The molecule has 0 aromatic heterocycles. The molecule has 0 radical (unpaired) electrons. The van der Waals surface area contributed by atoms with Crippen molar-refractivity contribution in [2.45, 2.75) is 25.4 Å². The fraction of sp³-hybridized carbons (Fsp3) is 0.600. The van der Waals surface area contributed by atoms with Gasteiger partial charge in [0.25, 0.3) is 0 Å². The molecule has 124 valence electrons. The third-order valence-electron chi connectivity index (χ3n) is 3.75. The van der Waals surface area contributed by atoms with Crippen molar-refractivity contribution >= 4 is 15.9 Å². The van der Waals surface area contributed by atoms with Crippen molar-refractivity contribution in [3.05, 3.63) is 28.5 Å². The monoisotopic (exact) mass is 383 g/mol. The Labute approximate surface area is 135 Å². The van der Waals surface area contributed by atoms with E-state index >= 15 is 0 Å². The molecule has 0 N–H and O–H groups in total. The number of alkyl halides is 3. The van der Waals surface area contributed by atoms with Crippen LogP contribution in [0, 0.1) is 11.7 Å². The lowest BCUT2D eigenvalue weighted by Gasteiger charge is -2.33. The minimum absolute atomic E-state index is 0.0485. The van der Waals surface area contributed by atoms with E-state index in [2.05, 4.69) is 15.9 Å². The summed E-state index contributed by atoms with van der Waals surface area (Å²) in [5.74, 6) is -1.54. The van der Waals surface area contributed by atoms with Gasteiger partial charge in [0.1, 0.15) is 0 Å². The molecule has 2 rings (SSSR count). The van der Waals surface area contributed by atoms with E-state index in [1.165, 1.54) is 6.07 Å². The molecule has 1 aliphatic rings. The highest BCUT2D eigenvalue weighted by atomic mass is 79.9. The Morgan fingerprint density at radius 2 is 2.09 bits per heavy atom. The first-order chi connectivity index (χ1) is 10.4. The second-order valence-electron chi connectivity index (χ2n) is 5.43. The summed E-state index contributed by atoms with van der Waals surface area (Å²) in [6.07, 6.45) is -2.79. The normalized spacial score (nSPS) is 20.1. The molecule has 1 heterocycles. The number of nitrogens with zero attached hydrogens (tertiary/aromatic N) is 1. The number of para-hydroxylation sites is 1. The van der Waals surface area contributed by atoms with Crippen LogP contribution in [-0.2, 0) is 0 Å². The van der Waals surface area contributed by atoms with Crippen LogP contribution in [0.15, 0.2) is 22.7 Å². The van der Waals surface area contributed by atoms with Gasteiger partial charge in [-0.1, -0.05) is 6.07 Å². The lowest BCUT2D eigenvalue weighted by Crippen LogP contribution is -2.42. The molecule has 0 aliphatic carbocycles. The van der Waals surface area contributed by atoms with Gasteiger partial charge in [-0.15, -0.1) is 0 Å². The Balaban J connectivity index is 1.75. The first kappa shape index (κ1) is 17.5. The summed E-state index contributed by atoms with van der Waals surface area (Å²) >= 11 is 3.21. The van der Waals surface area contributed by atoms with Gasteiger partial charge in [0.15, 0.2) is 11.6 Å². The van der Waals surface area contributed by atoms with Crippen LogP contribution in [0.3, 0.4) is 0 Å². The van der Waals surface area contributed by atoms with Crippen LogP contribution < -0.4 is 4.74 Å². The maximum atomic E-state index is 13.5. The molecule has 2 nitrogen and oxygen atoms in total. The number of rotatable bonds is 5. The number of piperidine rings is 1. The first-order valence-corrected chi connectivity index (χ1v) is 8.03. The Bertz CT molecular complexity index is 475. The second kappa shape index (κ2) is 7.64. The summed E-state index contributed by atoms with van der Waals surface area (Å²) in [6, 6.07) is 4.55. The fourth-order valence-corrected chi connectivity index (χ4v) is 3.07. The molecule has 22 heavy (non-hydrogen) atoms. The van der Waals surface area contributed by atoms with E-state index in [1.54, 1.807) is 17.0 Å². The Morgan fingerprint density at radius 3 is 2.77 bits per heavy atom. The van der Waals surface area contributed by atoms with Crippen LogP contribution in [0.1, 0.15) is 19.3 Å². The van der Waals surface area contributed by atoms with Gasteiger partial charge in [-0.3, -0.25) is 0 Å². The van der Waals surface area contributed by atoms with Crippen molar-refractivity contribution in [3.8, 4) is 5.75 Å². The first-order valence-electron chi connectivity index (χ1n) is 7.24. The van der Waals surface area contributed by atoms with Crippen molar-refractivity contribution in [1.82, 2.24) is 4.90 Å². The van der Waals surface area contributed by atoms with Gasteiger partial charge in [-0.25, -0.2) is 4.39 Å². The number of likely N-dealkylation sites (tertiary alicyclic amines) is 1. The molecular weight excluding hydrogens is 366 g/mol. The van der Waals surface area contributed by atoms with Crippen molar-refractivity contribution < 1.29 is 22.3 Å². The van der Waals surface area contributed by atoms with Gasteiger partial charge in [-0.2, -0.15) is 13.2 Å². The van der Waals surface area contributed by atoms with Gasteiger partial charge < -0.3 is 9.64 Å². The minimum Gasteiger partial charge on any atom is -0.489 e. The smallest absolute Gasteiger partial charge is 0.393 e. The van der Waals surface area contributed by atoms with Crippen LogP contribution in [0.25, 0.3) is 0 Å². The van der Waals surface area contributed by atoms with Crippen LogP contribution in [0.4, 0.5) is 17.6 Å². The highest BCUT2D eigenvalue weighted by Gasteiger charge is 2.41. The molecule has 7 heteroatoms. The number of halogens is 5. The maximum absolute atomic E-state index is 13.5. The number of hydrogen-bond acceptors (Lipinski definition) is 2. The van der Waals surface area contributed by atoms with Crippen LogP contribution in [0.2, 0.25) is 0 Å². The zero-order chi connectivity index (χ0) is 16.2. The quantitative estimate of drug-likeness (QED) is 0.542. The Kier molecular flexibility index (Phi) is 6.09. The molecule has 0 amide bonds. The lowest BCUT2D eigenvalue weighted by molar-refractivity contribution is -0.186. The molecule has 1 aromatic carbocycles. The third kappa shape index (κ3) is 4.84. The molecule has 0 bridgehead atoms. The zero-order valence-electron chi connectivity index (χ0n) is 12.0. The van der Waals surface area contributed by atoms with Crippen molar-refractivity contribution in [2.75, 3.05) is 26.2 Å². The van der Waals surface area contributed by atoms with Crippen molar-refractivity contribution in [2.24, 2.45) is 5.92 Å². The van der Waals surface area contributed by atoms with Gasteiger partial charge in [0.2, 0.25) is 0 Å². The van der Waals surface area contributed by atoms with Gasteiger partial charge in [0, 0.05) is 13.1 Å². The van der Waals surface area contributed by atoms with Crippen molar-refractivity contribution in [1.29, 1.82) is 0 Å². The summed E-state index contributed by atoms with van der Waals surface area (Å²) in [4.78, 5) is 1.81. The lowest BCUT2D eigenvalue weighted by atomic mass is 9.97. The molecule has 0 spiro atoms. The molecule has 1 fully saturated rings. The molecule has 1 aliphatic heterocycles. The minimum atomic E-state index is -4.12. The SMILES string of the molecule is Fc1cccc(Br)c1OCCCN1CCCC(C(F)(F)F)C1. The Hall–Kier alpha value is -0.820. The van der Waals surface area contributed by atoms with E-state index in [1.807, 2.05) is 0 Å². The molecule has 1 atom stereocenters. The van der Waals surface area contributed by atoms with Gasteiger partial charge >= 0.3 is 6.18 Å². The van der Waals surface area contributed by atoms with Crippen LogP contribution >= 0.6 is 15.9 Å². The largest absolute Gasteiger partial charge is 0.489 e. The summed E-state index contributed by atoms with van der Waals surface area (Å²) in [5.41, 5.74) is 0. The summed E-state index contributed by atoms with van der Waals surface area (Å²) in [5, 5.41) is 0. The molecular formula is C15H18BrF4NO. The average molecular weight is 384 g/mol. The van der Waals surface area contributed by atoms with E-state index in [-0.39, 0.29) is 25.3 Å². The van der Waals surface area contributed by atoms with E-state index in [0.717, 1.165) is 0 Å². The third-order valence-corrected chi connectivity index (χ3v) is 4.38. The van der Waals surface area contributed by atoms with Crippen LogP contribution in [0.5, 0.6) is 5.75 Å². The van der Waals surface area contributed by atoms with E-state index < -0.39 is 17.9 Å². The predicted molar refractivity (Wildman–Crippen MR) is 79.4 cm³/mol. The topological polar surface area (TPSA) is 12.5 Å². The molecule has 1 unspecified atom stereocenters. The van der Waals surface area contributed by atoms with Crippen molar-refractivity contribution in [3.63, 3.8) is 0 Å². The summed E-state index contributed by atoms with van der Waals surface area (Å²) in [6.45, 7) is 1.52. The maximum Gasteiger partial charge on any atom is 0.393 e.